The van der Waals surface area contributed by atoms with Gasteiger partial charge in [0.1, 0.15) is 0 Å². The molecule has 1 aromatic rings. The van der Waals surface area contributed by atoms with Crippen LogP contribution in [0.3, 0.4) is 0 Å². The lowest BCUT2D eigenvalue weighted by atomic mass is 10.1. The second-order valence-electron chi connectivity index (χ2n) is 5.61. The van der Waals surface area contributed by atoms with E-state index in [2.05, 4.69) is 13.8 Å². The molecule has 0 fully saturated rings. The first-order valence-electron chi connectivity index (χ1n) is 6.95. The van der Waals surface area contributed by atoms with Gasteiger partial charge >= 0.3 is 0 Å². The molecule has 1 amide bonds. The molecule has 1 aromatic carbocycles. The molecule has 0 spiro atoms. The molecule has 0 atom stereocenters. The van der Waals surface area contributed by atoms with E-state index in [9.17, 15) is 4.79 Å². The van der Waals surface area contributed by atoms with Crippen LogP contribution in [0, 0.1) is 5.92 Å². The molecule has 0 heterocycles. The maximum absolute atomic E-state index is 12.3. The maximum atomic E-state index is 12.3. The lowest BCUT2D eigenvalue weighted by Gasteiger charge is -2.20. The second kappa shape index (κ2) is 7.17. The zero-order valence-electron chi connectivity index (χ0n) is 13.3. The molecule has 20 heavy (non-hydrogen) atoms. The molecular formula is C16H25NO3. The third-order valence-electron chi connectivity index (χ3n) is 2.76. The number of benzene rings is 1. The molecule has 0 aromatic heterocycles. The molecule has 0 radical (unpaired) electrons. The number of hydrogen-bond donors (Lipinski definition) is 0. The van der Waals surface area contributed by atoms with Crippen LogP contribution in [-0.2, 0) is 0 Å². The number of hydrogen-bond acceptors (Lipinski definition) is 3. The van der Waals surface area contributed by atoms with Crippen LogP contribution in [0.15, 0.2) is 18.2 Å². The van der Waals surface area contributed by atoms with Gasteiger partial charge in [0.15, 0.2) is 11.5 Å². The monoisotopic (exact) mass is 279 g/mol. The summed E-state index contributed by atoms with van der Waals surface area (Å²) >= 11 is 0. The molecule has 0 N–H and O–H groups in total. The van der Waals surface area contributed by atoms with Crippen molar-refractivity contribution in [3.05, 3.63) is 23.8 Å². The molecule has 0 unspecified atom stereocenters. The van der Waals surface area contributed by atoms with Crippen LogP contribution in [0.4, 0.5) is 0 Å². The van der Waals surface area contributed by atoms with Gasteiger partial charge in [-0.3, -0.25) is 4.79 Å². The van der Waals surface area contributed by atoms with Crippen LogP contribution in [-0.4, -0.2) is 37.6 Å². The molecule has 0 saturated carbocycles. The fourth-order valence-electron chi connectivity index (χ4n) is 2.00. The van der Waals surface area contributed by atoms with Gasteiger partial charge in [-0.25, -0.2) is 0 Å². The van der Waals surface area contributed by atoms with Crippen molar-refractivity contribution in [2.24, 2.45) is 5.92 Å². The normalized spacial score (nSPS) is 10.8. The topological polar surface area (TPSA) is 38.8 Å². The zero-order chi connectivity index (χ0) is 15.3. The Morgan fingerprint density at radius 3 is 2.35 bits per heavy atom. The highest BCUT2D eigenvalue weighted by molar-refractivity contribution is 5.94. The van der Waals surface area contributed by atoms with Gasteiger partial charge in [-0.1, -0.05) is 13.8 Å². The predicted octanol–water partition coefficient (Wildman–Crippen LogP) is 3.21. The van der Waals surface area contributed by atoms with Gasteiger partial charge in [-0.15, -0.1) is 0 Å². The van der Waals surface area contributed by atoms with Gasteiger partial charge in [0.2, 0.25) is 0 Å². The minimum absolute atomic E-state index is 0.00639. The van der Waals surface area contributed by atoms with Crippen molar-refractivity contribution >= 4 is 5.91 Å². The molecule has 0 bridgehead atoms. The quantitative estimate of drug-likeness (QED) is 0.802. The van der Waals surface area contributed by atoms with Crippen molar-refractivity contribution < 1.29 is 14.3 Å². The van der Waals surface area contributed by atoms with E-state index in [1.807, 2.05) is 20.9 Å². The van der Waals surface area contributed by atoms with Crippen molar-refractivity contribution in [3.63, 3.8) is 0 Å². The van der Waals surface area contributed by atoms with E-state index in [0.717, 1.165) is 6.54 Å². The SMILES string of the molecule is COc1cc(C(=O)N(C)CC(C)C)ccc1OC(C)C. The standard InChI is InChI=1S/C16H25NO3/c1-11(2)10-17(5)16(18)13-7-8-14(20-12(3)4)15(9-13)19-6/h7-9,11-12H,10H2,1-6H3. The average Bonchev–Trinajstić information content (AvgIpc) is 2.36. The van der Waals surface area contributed by atoms with Gasteiger partial charge in [-0.05, 0) is 38.0 Å². The van der Waals surface area contributed by atoms with E-state index in [4.69, 9.17) is 9.47 Å². The minimum atomic E-state index is -0.00639. The molecule has 0 aliphatic rings. The van der Waals surface area contributed by atoms with E-state index in [-0.39, 0.29) is 12.0 Å². The summed E-state index contributed by atoms with van der Waals surface area (Å²) in [5.74, 6) is 1.68. The van der Waals surface area contributed by atoms with E-state index < -0.39 is 0 Å². The molecule has 112 valence electrons. The summed E-state index contributed by atoms with van der Waals surface area (Å²) in [6.45, 7) is 8.81. The molecule has 0 aliphatic heterocycles. The summed E-state index contributed by atoms with van der Waals surface area (Å²) in [6, 6.07) is 5.30. The number of carbonyl (C=O) groups is 1. The summed E-state index contributed by atoms with van der Waals surface area (Å²) < 4.78 is 10.9. The Morgan fingerprint density at radius 1 is 1.20 bits per heavy atom. The van der Waals surface area contributed by atoms with Crippen molar-refractivity contribution in [1.82, 2.24) is 4.90 Å². The Kier molecular flexibility index (Phi) is 5.86. The molecule has 0 aliphatic carbocycles. The molecule has 4 nitrogen and oxygen atoms in total. The third-order valence-corrected chi connectivity index (χ3v) is 2.76. The van der Waals surface area contributed by atoms with Gasteiger partial charge in [0.25, 0.3) is 5.91 Å². The number of rotatable bonds is 6. The van der Waals surface area contributed by atoms with Gasteiger partial charge in [0, 0.05) is 19.2 Å². The zero-order valence-corrected chi connectivity index (χ0v) is 13.3. The van der Waals surface area contributed by atoms with Crippen molar-refractivity contribution in [1.29, 1.82) is 0 Å². The number of carbonyl (C=O) groups excluding carboxylic acids is 1. The highest BCUT2D eigenvalue weighted by Gasteiger charge is 2.16. The fraction of sp³-hybridized carbons (Fsp3) is 0.562. The first kappa shape index (κ1) is 16.3. The lowest BCUT2D eigenvalue weighted by Crippen LogP contribution is -2.30. The van der Waals surface area contributed by atoms with Crippen LogP contribution in [0.25, 0.3) is 0 Å². The highest BCUT2D eigenvalue weighted by Crippen LogP contribution is 2.29. The Bertz CT molecular complexity index is 455. The minimum Gasteiger partial charge on any atom is -0.493 e. The Morgan fingerprint density at radius 2 is 1.85 bits per heavy atom. The van der Waals surface area contributed by atoms with Crippen molar-refractivity contribution in [3.8, 4) is 11.5 Å². The summed E-state index contributed by atoms with van der Waals surface area (Å²) in [4.78, 5) is 14.0. The fourth-order valence-corrected chi connectivity index (χ4v) is 2.00. The average molecular weight is 279 g/mol. The Balaban J connectivity index is 2.94. The predicted molar refractivity (Wildman–Crippen MR) is 80.6 cm³/mol. The summed E-state index contributed by atoms with van der Waals surface area (Å²) in [5.41, 5.74) is 0.612. The lowest BCUT2D eigenvalue weighted by molar-refractivity contribution is 0.0778. The molecule has 1 rings (SSSR count). The summed E-state index contributed by atoms with van der Waals surface area (Å²) in [5, 5.41) is 0. The van der Waals surface area contributed by atoms with Gasteiger partial charge in [0.05, 0.1) is 13.2 Å². The smallest absolute Gasteiger partial charge is 0.253 e. The van der Waals surface area contributed by atoms with E-state index in [0.29, 0.717) is 23.0 Å². The van der Waals surface area contributed by atoms with Gasteiger partial charge < -0.3 is 14.4 Å². The van der Waals surface area contributed by atoms with Crippen LogP contribution in [0.5, 0.6) is 11.5 Å². The number of methoxy groups -OCH3 is 1. The van der Waals surface area contributed by atoms with Crippen LogP contribution in [0.2, 0.25) is 0 Å². The highest BCUT2D eigenvalue weighted by atomic mass is 16.5. The molecule has 4 heteroatoms. The van der Waals surface area contributed by atoms with Crippen LogP contribution in [0.1, 0.15) is 38.1 Å². The molecule has 0 saturated heterocycles. The number of nitrogens with zero attached hydrogens (tertiary/aromatic N) is 1. The van der Waals surface area contributed by atoms with Crippen molar-refractivity contribution in [2.75, 3.05) is 20.7 Å². The molecular weight excluding hydrogens is 254 g/mol. The maximum Gasteiger partial charge on any atom is 0.253 e. The first-order valence-corrected chi connectivity index (χ1v) is 6.95. The van der Waals surface area contributed by atoms with Crippen LogP contribution < -0.4 is 9.47 Å². The Labute approximate surface area is 121 Å². The summed E-state index contributed by atoms with van der Waals surface area (Å²) in [7, 11) is 3.39. The first-order chi connectivity index (χ1) is 9.35. The second-order valence-corrected chi connectivity index (χ2v) is 5.61. The van der Waals surface area contributed by atoms with E-state index in [1.54, 1.807) is 30.2 Å². The largest absolute Gasteiger partial charge is 0.493 e. The number of amides is 1. The van der Waals surface area contributed by atoms with E-state index >= 15 is 0 Å². The van der Waals surface area contributed by atoms with Gasteiger partial charge in [-0.2, -0.15) is 0 Å². The third kappa shape index (κ3) is 4.44. The van der Waals surface area contributed by atoms with Crippen LogP contribution >= 0.6 is 0 Å². The van der Waals surface area contributed by atoms with Crippen molar-refractivity contribution in [2.45, 2.75) is 33.8 Å². The van der Waals surface area contributed by atoms with E-state index in [1.165, 1.54) is 0 Å². The number of ether oxygens (including phenoxy) is 2. The Hall–Kier alpha value is -1.71. The summed E-state index contributed by atoms with van der Waals surface area (Å²) in [6.07, 6.45) is 0.0640.